The number of rotatable bonds is 4. The van der Waals surface area contributed by atoms with Crippen LogP contribution in [0.2, 0.25) is 18.1 Å². The van der Waals surface area contributed by atoms with Gasteiger partial charge in [0.15, 0.2) is 8.32 Å². The summed E-state index contributed by atoms with van der Waals surface area (Å²) in [5, 5.41) is 0.183. The van der Waals surface area contributed by atoms with Crippen molar-refractivity contribution < 1.29 is 14.0 Å². The molecule has 2 aromatic rings. The molecule has 1 aliphatic heterocycles. The average Bonchev–Trinajstić information content (AvgIpc) is 3.24. The Hall–Kier alpha value is -2.06. The van der Waals surface area contributed by atoms with Crippen molar-refractivity contribution >= 4 is 31.4 Å². The van der Waals surface area contributed by atoms with Crippen molar-refractivity contribution in [3.05, 3.63) is 23.8 Å². The molecule has 1 amide bonds. The van der Waals surface area contributed by atoms with Crippen molar-refractivity contribution in [2.45, 2.75) is 97.2 Å². The molecule has 2 N–H and O–H groups in total. The number of likely N-dealkylation sites (tertiary alicyclic amines) is 1. The van der Waals surface area contributed by atoms with Gasteiger partial charge < -0.3 is 24.4 Å². The van der Waals surface area contributed by atoms with Gasteiger partial charge in [0.2, 0.25) is 5.95 Å². The number of benzene rings is 1. The maximum atomic E-state index is 12.5. The molecule has 2 heterocycles. The van der Waals surface area contributed by atoms with Crippen LogP contribution in [0.25, 0.3) is 11.0 Å². The number of hydrogen-bond acceptors (Lipinski definition) is 5. The fourth-order valence-electron chi connectivity index (χ4n) is 4.99. The molecule has 1 aliphatic carbocycles. The largest absolute Gasteiger partial charge is 0.444 e. The van der Waals surface area contributed by atoms with E-state index < -0.39 is 13.9 Å². The topological polar surface area (TPSA) is 82.6 Å². The van der Waals surface area contributed by atoms with Crippen molar-refractivity contribution in [1.29, 1.82) is 0 Å². The van der Waals surface area contributed by atoms with Crippen molar-refractivity contribution in [1.82, 2.24) is 14.5 Å². The van der Waals surface area contributed by atoms with Gasteiger partial charge in [-0.25, -0.2) is 9.78 Å². The molecule has 1 saturated carbocycles. The van der Waals surface area contributed by atoms with E-state index in [2.05, 4.69) is 61.6 Å². The third-order valence-corrected chi connectivity index (χ3v) is 12.5. The standard InChI is InChI=1S/C26H42N4O3Si/c1-24(2,3)33-23(31)29-12-11-26(17-29)14-19(15-26)30-21-10-9-18(13-20(21)28-22(30)27)16-32-34(7,8)25(4,5)6/h9-10,13,19H,11-12,14-17H2,1-8H3,(H2,27,28)/t19-,26-. The van der Waals surface area contributed by atoms with Crippen LogP contribution in [0.3, 0.4) is 0 Å². The molecule has 1 aromatic carbocycles. The lowest BCUT2D eigenvalue weighted by molar-refractivity contribution is 0.0200. The molecule has 0 unspecified atom stereocenters. The minimum atomic E-state index is -1.81. The molecule has 1 spiro atoms. The Morgan fingerprint density at radius 2 is 1.88 bits per heavy atom. The van der Waals surface area contributed by atoms with E-state index in [0.29, 0.717) is 18.6 Å². The molecule has 1 saturated heterocycles. The van der Waals surface area contributed by atoms with Crippen LogP contribution in [0.4, 0.5) is 10.7 Å². The first-order chi connectivity index (χ1) is 15.6. The predicted octanol–water partition coefficient (Wildman–Crippen LogP) is 6.10. The lowest BCUT2D eigenvalue weighted by atomic mass is 9.65. The number of amides is 1. The number of carbonyl (C=O) groups excluding carboxylic acids is 1. The van der Waals surface area contributed by atoms with Gasteiger partial charge >= 0.3 is 6.09 Å². The van der Waals surface area contributed by atoms with Crippen molar-refractivity contribution in [3.63, 3.8) is 0 Å². The van der Waals surface area contributed by atoms with Crippen LogP contribution in [-0.4, -0.2) is 47.6 Å². The molecule has 34 heavy (non-hydrogen) atoms. The SMILES string of the molecule is CC(C)(C)OC(=O)N1CC[C@]2(C1)C[C@H](n1c(N)nc3cc(CO[Si](C)(C)C(C)(C)C)ccc31)C2. The number of ether oxygens (including phenoxy) is 1. The summed E-state index contributed by atoms with van der Waals surface area (Å²) in [5.74, 6) is 0.569. The number of hydrogen-bond donors (Lipinski definition) is 1. The van der Waals surface area contributed by atoms with Crippen LogP contribution in [0, 0.1) is 5.41 Å². The average molecular weight is 487 g/mol. The Kier molecular flexibility index (Phi) is 6.08. The first-order valence-corrected chi connectivity index (χ1v) is 15.4. The summed E-state index contributed by atoms with van der Waals surface area (Å²) >= 11 is 0. The van der Waals surface area contributed by atoms with E-state index in [9.17, 15) is 4.79 Å². The molecule has 0 bridgehead atoms. The smallest absolute Gasteiger partial charge is 0.410 e. The van der Waals surface area contributed by atoms with E-state index in [4.69, 9.17) is 14.9 Å². The Balaban J connectivity index is 1.42. The molecule has 7 nitrogen and oxygen atoms in total. The molecule has 1 aromatic heterocycles. The summed E-state index contributed by atoms with van der Waals surface area (Å²) in [5.41, 5.74) is 9.23. The number of fused-ring (bicyclic) bond motifs is 1. The summed E-state index contributed by atoms with van der Waals surface area (Å²) in [6.45, 7) is 19.2. The highest BCUT2D eigenvalue weighted by atomic mass is 28.4. The van der Waals surface area contributed by atoms with Crippen molar-refractivity contribution in [2.24, 2.45) is 5.41 Å². The van der Waals surface area contributed by atoms with Gasteiger partial charge in [-0.15, -0.1) is 0 Å². The van der Waals surface area contributed by atoms with Crippen LogP contribution in [0.1, 0.15) is 72.4 Å². The number of nitrogens with zero attached hydrogens (tertiary/aromatic N) is 3. The molecule has 4 rings (SSSR count). The first-order valence-electron chi connectivity index (χ1n) is 12.5. The number of nitrogen functional groups attached to an aromatic ring is 1. The lowest BCUT2D eigenvalue weighted by Crippen LogP contribution is -2.43. The number of nitrogens with two attached hydrogens (primary N) is 1. The number of imidazole rings is 1. The van der Waals surface area contributed by atoms with E-state index in [1.54, 1.807) is 0 Å². The molecule has 2 aliphatic rings. The predicted molar refractivity (Wildman–Crippen MR) is 139 cm³/mol. The molecular weight excluding hydrogens is 444 g/mol. The van der Waals surface area contributed by atoms with Gasteiger partial charge in [-0.1, -0.05) is 26.8 Å². The Morgan fingerprint density at radius 3 is 2.50 bits per heavy atom. The van der Waals surface area contributed by atoms with Gasteiger partial charge in [-0.05, 0) is 81.3 Å². The van der Waals surface area contributed by atoms with Gasteiger partial charge in [0.1, 0.15) is 5.60 Å². The fourth-order valence-corrected chi connectivity index (χ4v) is 5.95. The molecule has 8 heteroatoms. The van der Waals surface area contributed by atoms with E-state index in [1.165, 1.54) is 0 Å². The number of aromatic nitrogens is 2. The zero-order valence-corrected chi connectivity index (χ0v) is 23.2. The fraction of sp³-hybridized carbons (Fsp3) is 0.692. The zero-order chi connectivity index (χ0) is 25.1. The second-order valence-electron chi connectivity index (χ2n) is 12.9. The van der Waals surface area contributed by atoms with Gasteiger partial charge in [-0.2, -0.15) is 0 Å². The second-order valence-corrected chi connectivity index (χ2v) is 17.7. The van der Waals surface area contributed by atoms with Gasteiger partial charge in [-0.3, -0.25) is 0 Å². The summed E-state index contributed by atoms with van der Waals surface area (Å²) < 4.78 is 14.2. The maximum Gasteiger partial charge on any atom is 0.410 e. The van der Waals surface area contributed by atoms with Gasteiger partial charge in [0.05, 0.1) is 17.6 Å². The molecule has 0 atom stereocenters. The summed E-state index contributed by atoms with van der Waals surface area (Å²) in [7, 11) is -1.81. The minimum Gasteiger partial charge on any atom is -0.444 e. The van der Waals surface area contributed by atoms with Crippen molar-refractivity contribution in [3.8, 4) is 0 Å². The van der Waals surface area contributed by atoms with Crippen molar-refractivity contribution in [2.75, 3.05) is 18.8 Å². The highest BCUT2D eigenvalue weighted by Crippen LogP contribution is 2.55. The first kappa shape index (κ1) is 25.0. The Bertz CT molecular complexity index is 1070. The highest BCUT2D eigenvalue weighted by molar-refractivity contribution is 6.74. The molecule has 2 fully saturated rings. The van der Waals surface area contributed by atoms with Gasteiger partial charge in [0, 0.05) is 19.1 Å². The van der Waals surface area contributed by atoms with Crippen LogP contribution in [-0.2, 0) is 15.8 Å². The quantitative estimate of drug-likeness (QED) is 0.528. The maximum absolute atomic E-state index is 12.5. The highest BCUT2D eigenvalue weighted by Gasteiger charge is 2.51. The van der Waals surface area contributed by atoms with E-state index in [1.807, 2.05) is 25.7 Å². The normalized spacial score (nSPS) is 23.5. The van der Waals surface area contributed by atoms with Crippen LogP contribution in [0.15, 0.2) is 18.2 Å². The van der Waals surface area contributed by atoms with E-state index >= 15 is 0 Å². The van der Waals surface area contributed by atoms with Crippen LogP contribution in [0.5, 0.6) is 0 Å². The summed E-state index contributed by atoms with van der Waals surface area (Å²) in [4.78, 5) is 19.0. The zero-order valence-electron chi connectivity index (χ0n) is 22.2. The van der Waals surface area contributed by atoms with E-state index in [0.717, 1.165) is 48.9 Å². The Morgan fingerprint density at radius 1 is 1.21 bits per heavy atom. The lowest BCUT2D eigenvalue weighted by Gasteiger charge is -2.46. The number of carbonyl (C=O) groups is 1. The summed E-state index contributed by atoms with van der Waals surface area (Å²) in [6.07, 6.45) is 2.84. The monoisotopic (exact) mass is 486 g/mol. The molecular formula is C26H42N4O3Si. The van der Waals surface area contributed by atoms with Gasteiger partial charge in [0.25, 0.3) is 0 Å². The molecule has 0 radical (unpaired) electrons. The number of anilines is 1. The summed E-state index contributed by atoms with van der Waals surface area (Å²) in [6, 6.07) is 6.71. The van der Waals surface area contributed by atoms with Crippen LogP contribution >= 0.6 is 0 Å². The van der Waals surface area contributed by atoms with Crippen LogP contribution < -0.4 is 5.73 Å². The third kappa shape index (κ3) is 4.84. The minimum absolute atomic E-state index is 0.168. The Labute approximate surface area is 205 Å². The third-order valence-electron chi connectivity index (χ3n) is 7.98. The second kappa shape index (κ2) is 8.26. The van der Waals surface area contributed by atoms with E-state index in [-0.39, 0.29) is 16.5 Å². The molecule has 188 valence electrons.